The molecule has 0 saturated heterocycles. The van der Waals surface area contributed by atoms with Crippen LogP contribution in [-0.2, 0) is 20.9 Å². The number of pyridine rings is 1. The fraction of sp³-hybridized carbons (Fsp3) is 0.562. The molecule has 24 heavy (non-hydrogen) atoms. The molecule has 1 aromatic heterocycles. The largest absolute Gasteiger partial charge is 0.471 e. The monoisotopic (exact) mass is 346 g/mol. The minimum absolute atomic E-state index is 0.0537. The zero-order valence-electron chi connectivity index (χ0n) is 13.6. The quantitative estimate of drug-likeness (QED) is 0.735. The first-order chi connectivity index (χ1) is 11.2. The van der Waals surface area contributed by atoms with Crippen LogP contribution in [0.5, 0.6) is 0 Å². The van der Waals surface area contributed by atoms with Crippen LogP contribution < -0.4 is 5.32 Å². The number of ether oxygens (including phenoxy) is 1. The zero-order chi connectivity index (χ0) is 18.2. The first kappa shape index (κ1) is 19.9. The van der Waals surface area contributed by atoms with Gasteiger partial charge in [-0.15, -0.1) is 0 Å². The van der Waals surface area contributed by atoms with Gasteiger partial charge in [0.2, 0.25) is 0 Å². The highest BCUT2D eigenvalue weighted by molar-refractivity contribution is 5.81. The Hall–Kier alpha value is -2.12. The molecule has 8 heteroatoms. The number of carbonyl (C=O) groups is 2. The molecule has 1 heterocycles. The molecule has 0 aromatic carbocycles. The summed E-state index contributed by atoms with van der Waals surface area (Å²) in [5.41, 5.74) is 0.614. The summed E-state index contributed by atoms with van der Waals surface area (Å²) in [5, 5.41) is 1.96. The van der Waals surface area contributed by atoms with Gasteiger partial charge in [-0.05, 0) is 30.9 Å². The van der Waals surface area contributed by atoms with Crippen LogP contribution in [0.3, 0.4) is 0 Å². The van der Waals surface area contributed by atoms with E-state index in [2.05, 4.69) is 4.98 Å². The van der Waals surface area contributed by atoms with Gasteiger partial charge in [0.25, 0.3) is 0 Å². The van der Waals surface area contributed by atoms with E-state index in [0.717, 1.165) is 0 Å². The van der Waals surface area contributed by atoms with Crippen molar-refractivity contribution in [2.45, 2.75) is 51.9 Å². The van der Waals surface area contributed by atoms with E-state index in [4.69, 9.17) is 4.74 Å². The minimum atomic E-state index is -4.91. The molecule has 1 atom stereocenters. The summed E-state index contributed by atoms with van der Waals surface area (Å²) in [5.74, 6) is -2.59. The average molecular weight is 346 g/mol. The number of rotatable bonds is 8. The molecule has 5 nitrogen and oxygen atoms in total. The van der Waals surface area contributed by atoms with E-state index in [9.17, 15) is 22.8 Å². The van der Waals surface area contributed by atoms with Crippen LogP contribution in [0.15, 0.2) is 24.4 Å². The SMILES string of the molecule is CC(C)C(CCCC(=O)OCc1ccccn1)NC(=O)C(F)(F)F. The molecule has 0 aliphatic heterocycles. The lowest BCUT2D eigenvalue weighted by molar-refractivity contribution is -0.174. The Morgan fingerprint density at radius 1 is 1.29 bits per heavy atom. The van der Waals surface area contributed by atoms with Gasteiger partial charge in [-0.25, -0.2) is 0 Å². The van der Waals surface area contributed by atoms with Gasteiger partial charge in [0.15, 0.2) is 0 Å². The molecule has 0 spiro atoms. The van der Waals surface area contributed by atoms with E-state index in [-0.39, 0.29) is 25.4 Å². The molecule has 0 fully saturated rings. The summed E-state index contributed by atoms with van der Waals surface area (Å²) in [7, 11) is 0. The standard InChI is InChI=1S/C16H21F3N2O3/c1-11(2)13(21-15(23)16(17,18)19)7-5-8-14(22)24-10-12-6-3-4-9-20-12/h3-4,6,9,11,13H,5,7-8,10H2,1-2H3,(H,21,23). The third kappa shape index (κ3) is 7.43. The van der Waals surface area contributed by atoms with Crippen molar-refractivity contribution < 1.29 is 27.5 Å². The van der Waals surface area contributed by atoms with Gasteiger partial charge in [0, 0.05) is 18.7 Å². The summed E-state index contributed by atoms with van der Waals surface area (Å²) < 4.78 is 41.9. The molecule has 134 valence electrons. The van der Waals surface area contributed by atoms with Gasteiger partial charge < -0.3 is 10.1 Å². The molecular formula is C16H21F3N2O3. The van der Waals surface area contributed by atoms with Gasteiger partial charge in [-0.2, -0.15) is 13.2 Å². The molecule has 1 unspecified atom stereocenters. The summed E-state index contributed by atoms with van der Waals surface area (Å²) in [6.45, 7) is 3.47. The van der Waals surface area contributed by atoms with Crippen LogP contribution in [-0.4, -0.2) is 29.1 Å². The maximum Gasteiger partial charge on any atom is 0.471 e. The molecular weight excluding hydrogens is 325 g/mol. The van der Waals surface area contributed by atoms with Gasteiger partial charge in [-0.1, -0.05) is 19.9 Å². The third-order valence-electron chi connectivity index (χ3n) is 3.38. The van der Waals surface area contributed by atoms with Crippen LogP contribution >= 0.6 is 0 Å². The first-order valence-electron chi connectivity index (χ1n) is 7.63. The highest BCUT2D eigenvalue weighted by Gasteiger charge is 2.39. The number of carbonyl (C=O) groups excluding carboxylic acids is 2. The van der Waals surface area contributed by atoms with E-state index in [1.54, 1.807) is 38.2 Å². The topological polar surface area (TPSA) is 68.3 Å². The van der Waals surface area contributed by atoms with Crippen molar-refractivity contribution in [2.75, 3.05) is 0 Å². The maximum atomic E-state index is 12.3. The number of aromatic nitrogens is 1. The second kappa shape index (κ2) is 9.24. The van der Waals surface area contributed by atoms with E-state index in [0.29, 0.717) is 12.1 Å². The predicted octanol–water partition coefficient (Wildman–Crippen LogP) is 3.00. The number of esters is 1. The fourth-order valence-corrected chi connectivity index (χ4v) is 2.00. The fourth-order valence-electron chi connectivity index (χ4n) is 2.00. The average Bonchev–Trinajstić information content (AvgIpc) is 2.51. The number of amides is 1. The molecule has 1 N–H and O–H groups in total. The molecule has 0 radical (unpaired) electrons. The van der Waals surface area contributed by atoms with Gasteiger partial charge >= 0.3 is 18.1 Å². The number of halogens is 3. The van der Waals surface area contributed by atoms with Crippen molar-refractivity contribution in [1.82, 2.24) is 10.3 Å². The van der Waals surface area contributed by atoms with Crippen molar-refractivity contribution in [1.29, 1.82) is 0 Å². The number of nitrogens with one attached hydrogen (secondary N) is 1. The number of alkyl halides is 3. The van der Waals surface area contributed by atoms with Gasteiger partial charge in [-0.3, -0.25) is 14.6 Å². The van der Waals surface area contributed by atoms with Crippen molar-refractivity contribution in [2.24, 2.45) is 5.92 Å². The number of hydrogen-bond donors (Lipinski definition) is 1. The molecule has 0 bridgehead atoms. The Bertz CT molecular complexity index is 533. The van der Waals surface area contributed by atoms with Crippen molar-refractivity contribution in [3.05, 3.63) is 30.1 Å². The minimum Gasteiger partial charge on any atom is -0.459 e. The summed E-state index contributed by atoms with van der Waals surface area (Å²) in [4.78, 5) is 26.6. The molecule has 1 amide bonds. The Labute approximate surface area is 138 Å². The van der Waals surface area contributed by atoms with Crippen molar-refractivity contribution in [3.63, 3.8) is 0 Å². The third-order valence-corrected chi connectivity index (χ3v) is 3.38. The zero-order valence-corrected chi connectivity index (χ0v) is 13.6. The van der Waals surface area contributed by atoms with Crippen LogP contribution in [0.4, 0.5) is 13.2 Å². The molecule has 1 aromatic rings. The van der Waals surface area contributed by atoms with Crippen molar-refractivity contribution >= 4 is 11.9 Å². The lowest BCUT2D eigenvalue weighted by Gasteiger charge is -2.22. The highest BCUT2D eigenvalue weighted by Crippen LogP contribution is 2.17. The predicted molar refractivity (Wildman–Crippen MR) is 80.7 cm³/mol. The van der Waals surface area contributed by atoms with Gasteiger partial charge in [0.1, 0.15) is 6.61 Å². The Balaban J connectivity index is 2.34. The van der Waals surface area contributed by atoms with Crippen LogP contribution in [0.1, 0.15) is 38.8 Å². The Kier molecular flexibility index (Phi) is 7.67. The lowest BCUT2D eigenvalue weighted by Crippen LogP contribution is -2.45. The van der Waals surface area contributed by atoms with E-state index >= 15 is 0 Å². The second-order valence-corrected chi connectivity index (χ2v) is 5.70. The van der Waals surface area contributed by atoms with E-state index in [1.165, 1.54) is 0 Å². The Morgan fingerprint density at radius 3 is 2.54 bits per heavy atom. The molecule has 0 aliphatic carbocycles. The van der Waals surface area contributed by atoms with Crippen molar-refractivity contribution in [3.8, 4) is 0 Å². The first-order valence-corrected chi connectivity index (χ1v) is 7.63. The smallest absolute Gasteiger partial charge is 0.459 e. The summed E-state index contributed by atoms with van der Waals surface area (Å²) in [6, 6.07) is 4.58. The highest BCUT2D eigenvalue weighted by atomic mass is 19.4. The van der Waals surface area contributed by atoms with Crippen LogP contribution in [0.2, 0.25) is 0 Å². The number of nitrogens with zero attached hydrogens (tertiary/aromatic N) is 1. The lowest BCUT2D eigenvalue weighted by atomic mass is 9.98. The number of hydrogen-bond acceptors (Lipinski definition) is 4. The Morgan fingerprint density at radius 2 is 2.00 bits per heavy atom. The molecule has 0 aliphatic rings. The molecule has 1 rings (SSSR count). The second-order valence-electron chi connectivity index (χ2n) is 5.70. The maximum absolute atomic E-state index is 12.3. The normalized spacial score (nSPS) is 12.8. The van der Waals surface area contributed by atoms with E-state index in [1.807, 2.05) is 5.32 Å². The van der Waals surface area contributed by atoms with E-state index < -0.39 is 24.1 Å². The summed E-state index contributed by atoms with van der Waals surface area (Å²) >= 11 is 0. The van der Waals surface area contributed by atoms with Gasteiger partial charge in [0.05, 0.1) is 5.69 Å². The van der Waals surface area contributed by atoms with Crippen LogP contribution in [0.25, 0.3) is 0 Å². The summed E-state index contributed by atoms with van der Waals surface area (Å²) in [6.07, 6.45) is -2.67. The van der Waals surface area contributed by atoms with Crippen LogP contribution in [0, 0.1) is 5.92 Å². The molecule has 0 saturated carbocycles.